The van der Waals surface area contributed by atoms with E-state index in [1.165, 1.54) is 0 Å². The van der Waals surface area contributed by atoms with Crippen LogP contribution in [-0.2, 0) is 14.3 Å². The number of ether oxygens (including phenoxy) is 1. The van der Waals surface area contributed by atoms with Gasteiger partial charge in [-0.15, -0.1) is 0 Å². The summed E-state index contributed by atoms with van der Waals surface area (Å²) in [5, 5.41) is 2.60. The molecule has 142 valence electrons. The Morgan fingerprint density at radius 3 is 2.15 bits per heavy atom. The Morgan fingerprint density at radius 1 is 1.00 bits per heavy atom. The van der Waals surface area contributed by atoms with Gasteiger partial charge in [0.15, 0.2) is 0 Å². The van der Waals surface area contributed by atoms with Crippen molar-refractivity contribution in [2.45, 2.75) is 26.3 Å². The van der Waals surface area contributed by atoms with Crippen LogP contribution in [0.25, 0.3) is 11.1 Å². The van der Waals surface area contributed by atoms with Crippen LogP contribution in [0.1, 0.15) is 30.6 Å². The quantitative estimate of drug-likeness (QED) is 0.700. The molecular weight excluding hydrogens is 344 g/mol. The Bertz CT molecular complexity index is 788. The van der Waals surface area contributed by atoms with Crippen LogP contribution in [0, 0.1) is 5.92 Å². The molecule has 27 heavy (non-hydrogen) atoms. The molecule has 6 heteroatoms. The second-order valence-electron chi connectivity index (χ2n) is 6.26. The first-order chi connectivity index (χ1) is 12.9. The van der Waals surface area contributed by atoms with Crippen molar-refractivity contribution < 1.29 is 19.1 Å². The molecule has 0 heterocycles. The maximum Gasteiger partial charge on any atom is 0.308 e. The number of carbonyl (C=O) groups excluding carboxylic acids is 3. The van der Waals surface area contributed by atoms with Gasteiger partial charge in [0, 0.05) is 5.56 Å². The summed E-state index contributed by atoms with van der Waals surface area (Å²) in [6.45, 7) is 3.59. The number of rotatable bonds is 8. The van der Waals surface area contributed by atoms with E-state index in [2.05, 4.69) is 5.32 Å². The monoisotopic (exact) mass is 368 g/mol. The minimum Gasteiger partial charge on any atom is -0.466 e. The zero-order valence-corrected chi connectivity index (χ0v) is 15.5. The number of hydrogen-bond donors (Lipinski definition) is 2. The zero-order chi connectivity index (χ0) is 19.8. The number of esters is 1. The molecule has 2 rings (SSSR count). The van der Waals surface area contributed by atoms with E-state index in [0.717, 1.165) is 11.1 Å². The molecule has 0 aromatic heterocycles. The molecule has 0 bridgehead atoms. The molecule has 0 spiro atoms. The van der Waals surface area contributed by atoms with Crippen molar-refractivity contribution in [3.63, 3.8) is 0 Å². The van der Waals surface area contributed by atoms with Gasteiger partial charge in [-0.25, -0.2) is 0 Å². The molecule has 6 nitrogen and oxygen atoms in total. The molecule has 3 N–H and O–H groups in total. The molecule has 2 aromatic rings. The van der Waals surface area contributed by atoms with Crippen molar-refractivity contribution >= 4 is 17.8 Å². The Labute approximate surface area is 158 Å². The van der Waals surface area contributed by atoms with Crippen LogP contribution >= 0.6 is 0 Å². The van der Waals surface area contributed by atoms with Crippen molar-refractivity contribution in [3.05, 3.63) is 60.2 Å². The summed E-state index contributed by atoms with van der Waals surface area (Å²) < 4.78 is 4.93. The highest BCUT2D eigenvalue weighted by atomic mass is 16.5. The summed E-state index contributed by atoms with van der Waals surface area (Å²) in [5.41, 5.74) is 7.81. The fraction of sp³-hybridized carbons (Fsp3) is 0.286. The van der Waals surface area contributed by atoms with Gasteiger partial charge in [0.2, 0.25) is 5.91 Å². The summed E-state index contributed by atoms with van der Waals surface area (Å²) in [4.78, 5) is 35.9. The molecule has 0 aliphatic heterocycles. The molecule has 0 unspecified atom stereocenters. The van der Waals surface area contributed by atoms with Crippen molar-refractivity contribution in [1.82, 2.24) is 5.32 Å². The molecule has 0 saturated heterocycles. The first-order valence-electron chi connectivity index (χ1n) is 8.84. The summed E-state index contributed by atoms with van der Waals surface area (Å²) in [7, 11) is 0. The molecule has 0 saturated carbocycles. The standard InChI is InChI=1S/C21H24N2O4/c1-3-27-21(26)14(2)13-18(19(22)24)23-20(25)17-11-9-16(10-12-17)15-7-5-4-6-8-15/h4-12,14,18H,3,13H2,1-2H3,(H2,22,24)(H,23,25)/t14-,18-/m1/s1. The first kappa shape index (κ1) is 20.2. The summed E-state index contributed by atoms with van der Waals surface area (Å²) in [6, 6.07) is 15.9. The predicted octanol–water partition coefficient (Wildman–Crippen LogP) is 2.53. The smallest absolute Gasteiger partial charge is 0.308 e. The second kappa shape index (κ2) is 9.52. The van der Waals surface area contributed by atoms with E-state index in [4.69, 9.17) is 10.5 Å². The van der Waals surface area contributed by atoms with Crippen LogP contribution < -0.4 is 11.1 Å². The van der Waals surface area contributed by atoms with Crippen LogP contribution in [-0.4, -0.2) is 30.4 Å². The van der Waals surface area contributed by atoms with E-state index in [1.807, 2.05) is 42.5 Å². The van der Waals surface area contributed by atoms with E-state index in [1.54, 1.807) is 26.0 Å². The highest BCUT2D eigenvalue weighted by Crippen LogP contribution is 2.19. The van der Waals surface area contributed by atoms with Crippen molar-refractivity contribution in [2.75, 3.05) is 6.61 Å². The van der Waals surface area contributed by atoms with Gasteiger partial charge < -0.3 is 15.8 Å². The number of amides is 2. The Morgan fingerprint density at radius 2 is 1.59 bits per heavy atom. The van der Waals surface area contributed by atoms with E-state index in [-0.39, 0.29) is 13.0 Å². The lowest BCUT2D eigenvalue weighted by Gasteiger charge is -2.19. The van der Waals surface area contributed by atoms with Crippen LogP contribution in [0.5, 0.6) is 0 Å². The summed E-state index contributed by atoms with van der Waals surface area (Å²) in [6.07, 6.45) is 0.0853. The SMILES string of the molecule is CCOC(=O)[C@H](C)C[C@@H](NC(=O)c1ccc(-c2ccccc2)cc1)C(N)=O. The molecule has 0 aliphatic rings. The number of primary amides is 1. The highest BCUT2D eigenvalue weighted by molar-refractivity contribution is 5.97. The van der Waals surface area contributed by atoms with Gasteiger partial charge in [-0.3, -0.25) is 14.4 Å². The average molecular weight is 368 g/mol. The lowest BCUT2D eigenvalue weighted by Crippen LogP contribution is -2.46. The predicted molar refractivity (Wildman–Crippen MR) is 103 cm³/mol. The van der Waals surface area contributed by atoms with Crippen molar-refractivity contribution in [2.24, 2.45) is 11.7 Å². The van der Waals surface area contributed by atoms with Gasteiger partial charge in [0.05, 0.1) is 12.5 Å². The Balaban J connectivity index is 2.04. The third kappa shape index (κ3) is 5.67. The third-order valence-electron chi connectivity index (χ3n) is 4.18. The minimum atomic E-state index is -0.953. The number of hydrogen-bond acceptors (Lipinski definition) is 4. The largest absolute Gasteiger partial charge is 0.466 e. The number of carbonyl (C=O) groups is 3. The topological polar surface area (TPSA) is 98.5 Å². The third-order valence-corrected chi connectivity index (χ3v) is 4.18. The molecule has 2 atom stereocenters. The molecule has 0 aliphatic carbocycles. The van der Waals surface area contributed by atoms with Gasteiger partial charge in [-0.05, 0) is 36.6 Å². The summed E-state index contributed by atoms with van der Waals surface area (Å²) in [5.74, 6) is -2.09. The maximum atomic E-state index is 12.4. The van der Waals surface area contributed by atoms with Gasteiger partial charge in [-0.2, -0.15) is 0 Å². The first-order valence-corrected chi connectivity index (χ1v) is 8.84. The molecule has 2 aromatic carbocycles. The Hall–Kier alpha value is -3.15. The van der Waals surface area contributed by atoms with Gasteiger partial charge in [0.1, 0.15) is 6.04 Å². The van der Waals surface area contributed by atoms with E-state index in [9.17, 15) is 14.4 Å². The van der Waals surface area contributed by atoms with E-state index >= 15 is 0 Å². The van der Waals surface area contributed by atoms with Crippen molar-refractivity contribution in [1.29, 1.82) is 0 Å². The fourth-order valence-electron chi connectivity index (χ4n) is 2.67. The van der Waals surface area contributed by atoms with E-state index in [0.29, 0.717) is 5.56 Å². The number of benzene rings is 2. The second-order valence-corrected chi connectivity index (χ2v) is 6.26. The number of nitrogens with one attached hydrogen (secondary N) is 1. The van der Waals surface area contributed by atoms with Crippen LogP contribution in [0.3, 0.4) is 0 Å². The van der Waals surface area contributed by atoms with Gasteiger partial charge in [-0.1, -0.05) is 49.4 Å². The van der Waals surface area contributed by atoms with E-state index < -0.39 is 29.7 Å². The number of nitrogens with two attached hydrogens (primary N) is 1. The van der Waals surface area contributed by atoms with Crippen LogP contribution in [0.15, 0.2) is 54.6 Å². The molecule has 0 fully saturated rings. The zero-order valence-electron chi connectivity index (χ0n) is 15.5. The molecular formula is C21H24N2O4. The highest BCUT2D eigenvalue weighted by Gasteiger charge is 2.25. The molecule has 0 radical (unpaired) electrons. The fourth-order valence-corrected chi connectivity index (χ4v) is 2.67. The Kier molecular flexibility index (Phi) is 7.11. The average Bonchev–Trinajstić information content (AvgIpc) is 2.68. The van der Waals surface area contributed by atoms with Gasteiger partial charge >= 0.3 is 5.97 Å². The van der Waals surface area contributed by atoms with Crippen LogP contribution in [0.2, 0.25) is 0 Å². The normalized spacial score (nSPS) is 12.7. The maximum absolute atomic E-state index is 12.4. The molecule has 2 amide bonds. The minimum absolute atomic E-state index is 0.0853. The van der Waals surface area contributed by atoms with Gasteiger partial charge in [0.25, 0.3) is 5.91 Å². The van der Waals surface area contributed by atoms with Crippen molar-refractivity contribution in [3.8, 4) is 11.1 Å². The summed E-state index contributed by atoms with van der Waals surface area (Å²) >= 11 is 0. The lowest BCUT2D eigenvalue weighted by molar-refractivity contribution is -0.147. The lowest BCUT2D eigenvalue weighted by atomic mass is 10.0. The van der Waals surface area contributed by atoms with Crippen LogP contribution in [0.4, 0.5) is 0 Å².